The third-order valence-electron chi connectivity index (χ3n) is 2.35. The van der Waals surface area contributed by atoms with Gasteiger partial charge in [-0.2, -0.15) is 0 Å². The van der Waals surface area contributed by atoms with Crippen LogP contribution in [0.25, 0.3) is 0 Å². The molecule has 1 saturated heterocycles. The van der Waals surface area contributed by atoms with Gasteiger partial charge in [-0.05, 0) is 40.5 Å². The molecule has 0 aromatic carbocycles. The highest BCUT2D eigenvalue weighted by Gasteiger charge is 2.34. The van der Waals surface area contributed by atoms with Gasteiger partial charge in [0.25, 0.3) is 0 Å². The smallest absolute Gasteiger partial charge is 0.410 e. The van der Waals surface area contributed by atoms with E-state index in [0.717, 1.165) is 12.8 Å². The predicted molar refractivity (Wildman–Crippen MR) is 56.6 cm³/mol. The Balaban J connectivity index is 2.63. The molecule has 86 valence electrons. The van der Waals surface area contributed by atoms with Gasteiger partial charge in [-0.15, -0.1) is 0 Å². The molecule has 0 saturated carbocycles. The Morgan fingerprint density at radius 2 is 1.93 bits per heavy atom. The Morgan fingerprint density at radius 1 is 1.33 bits per heavy atom. The first-order chi connectivity index (χ1) is 6.81. The maximum absolute atomic E-state index is 11.7. The minimum Gasteiger partial charge on any atom is -0.444 e. The molecule has 4 nitrogen and oxygen atoms in total. The van der Waals surface area contributed by atoms with Gasteiger partial charge in [-0.25, -0.2) is 4.79 Å². The normalized spacial score (nSPS) is 21.6. The molecule has 1 rings (SSSR count). The van der Waals surface area contributed by atoms with Gasteiger partial charge < -0.3 is 4.74 Å². The van der Waals surface area contributed by atoms with Crippen LogP contribution in [0.4, 0.5) is 4.79 Å². The second-order valence-electron chi connectivity index (χ2n) is 4.94. The molecule has 1 unspecified atom stereocenters. The van der Waals surface area contributed by atoms with Crippen molar-refractivity contribution in [2.75, 3.05) is 6.54 Å². The van der Waals surface area contributed by atoms with Crippen LogP contribution in [0.3, 0.4) is 0 Å². The van der Waals surface area contributed by atoms with E-state index in [-0.39, 0.29) is 17.9 Å². The summed E-state index contributed by atoms with van der Waals surface area (Å²) in [7, 11) is 0. The van der Waals surface area contributed by atoms with Crippen LogP contribution in [0.1, 0.15) is 40.5 Å². The van der Waals surface area contributed by atoms with E-state index in [2.05, 4.69) is 0 Å². The van der Waals surface area contributed by atoms with Gasteiger partial charge >= 0.3 is 6.09 Å². The zero-order valence-corrected chi connectivity index (χ0v) is 9.87. The number of Topliss-reactive ketones (excluding diaryl/α,β-unsaturated/α-hetero) is 1. The van der Waals surface area contributed by atoms with E-state index in [1.807, 2.05) is 20.8 Å². The summed E-state index contributed by atoms with van der Waals surface area (Å²) in [5.74, 6) is 0.0401. The van der Waals surface area contributed by atoms with Crippen LogP contribution in [0.5, 0.6) is 0 Å². The molecule has 1 aliphatic rings. The third kappa shape index (κ3) is 3.22. The molecule has 1 atom stereocenters. The SMILES string of the molecule is CC(=O)C1CCCN1C(=O)OC(C)(C)C. The van der Waals surface area contributed by atoms with Crippen LogP contribution in [0, 0.1) is 0 Å². The Labute approximate surface area is 90.6 Å². The van der Waals surface area contributed by atoms with Gasteiger partial charge in [0.2, 0.25) is 0 Å². The highest BCUT2D eigenvalue weighted by Crippen LogP contribution is 2.21. The van der Waals surface area contributed by atoms with Crippen LogP contribution >= 0.6 is 0 Å². The average Bonchev–Trinajstić information content (AvgIpc) is 2.47. The van der Waals surface area contributed by atoms with E-state index >= 15 is 0 Å². The lowest BCUT2D eigenvalue weighted by Crippen LogP contribution is -2.42. The zero-order valence-electron chi connectivity index (χ0n) is 9.87. The van der Waals surface area contributed by atoms with Crippen LogP contribution in [0.2, 0.25) is 0 Å². The molecule has 1 fully saturated rings. The van der Waals surface area contributed by atoms with Gasteiger partial charge in [0, 0.05) is 6.54 Å². The summed E-state index contributed by atoms with van der Waals surface area (Å²) in [4.78, 5) is 24.5. The van der Waals surface area contributed by atoms with Crippen LogP contribution in [-0.2, 0) is 9.53 Å². The molecule has 0 N–H and O–H groups in total. The van der Waals surface area contributed by atoms with Gasteiger partial charge in [0.1, 0.15) is 5.60 Å². The van der Waals surface area contributed by atoms with Crippen molar-refractivity contribution in [1.29, 1.82) is 0 Å². The Morgan fingerprint density at radius 3 is 2.40 bits per heavy atom. The zero-order chi connectivity index (χ0) is 11.6. The standard InChI is InChI=1S/C11H19NO3/c1-8(13)9-6-5-7-12(9)10(14)15-11(2,3)4/h9H,5-7H2,1-4H3. The molecular formula is C11H19NO3. The van der Waals surface area contributed by atoms with E-state index in [0.29, 0.717) is 6.54 Å². The van der Waals surface area contributed by atoms with E-state index in [1.165, 1.54) is 11.8 Å². The summed E-state index contributed by atoms with van der Waals surface area (Å²) in [6.07, 6.45) is 1.26. The second kappa shape index (κ2) is 4.21. The molecule has 15 heavy (non-hydrogen) atoms. The summed E-state index contributed by atoms with van der Waals surface area (Å²) < 4.78 is 5.24. The fourth-order valence-electron chi connectivity index (χ4n) is 1.73. The molecule has 0 aromatic heterocycles. The number of ether oxygens (including phenoxy) is 1. The van der Waals surface area contributed by atoms with Gasteiger partial charge in [-0.3, -0.25) is 9.69 Å². The maximum atomic E-state index is 11.7. The van der Waals surface area contributed by atoms with Crippen LogP contribution in [0.15, 0.2) is 0 Å². The highest BCUT2D eigenvalue weighted by atomic mass is 16.6. The summed E-state index contributed by atoms with van der Waals surface area (Å²) in [6.45, 7) is 7.61. The van der Waals surface area contributed by atoms with Crippen molar-refractivity contribution < 1.29 is 14.3 Å². The molecule has 0 bridgehead atoms. The number of carbonyl (C=O) groups is 2. The second-order valence-corrected chi connectivity index (χ2v) is 4.94. The highest BCUT2D eigenvalue weighted by molar-refractivity contribution is 5.86. The number of nitrogens with zero attached hydrogens (tertiary/aromatic N) is 1. The van der Waals surface area contributed by atoms with Crippen molar-refractivity contribution in [3.63, 3.8) is 0 Å². The minimum atomic E-state index is -0.499. The number of ketones is 1. The van der Waals surface area contributed by atoms with E-state index in [1.54, 1.807) is 0 Å². The Hall–Kier alpha value is -1.06. The van der Waals surface area contributed by atoms with E-state index in [9.17, 15) is 9.59 Å². The molecule has 0 aromatic rings. The van der Waals surface area contributed by atoms with Crippen molar-refractivity contribution in [1.82, 2.24) is 4.90 Å². The average molecular weight is 213 g/mol. The van der Waals surface area contributed by atoms with Crippen molar-refractivity contribution in [2.45, 2.75) is 52.2 Å². The summed E-state index contributed by atoms with van der Waals surface area (Å²) in [6, 6.07) is -0.278. The largest absolute Gasteiger partial charge is 0.444 e. The van der Waals surface area contributed by atoms with Crippen molar-refractivity contribution in [3.8, 4) is 0 Å². The quantitative estimate of drug-likeness (QED) is 0.669. The minimum absolute atomic E-state index is 0.0401. The number of hydrogen-bond acceptors (Lipinski definition) is 3. The van der Waals surface area contributed by atoms with Crippen molar-refractivity contribution in [2.24, 2.45) is 0 Å². The Bertz CT molecular complexity index is 267. The summed E-state index contributed by atoms with van der Waals surface area (Å²) in [5, 5.41) is 0. The number of amides is 1. The molecule has 0 aliphatic carbocycles. The van der Waals surface area contributed by atoms with E-state index < -0.39 is 5.60 Å². The third-order valence-corrected chi connectivity index (χ3v) is 2.35. The molecule has 1 heterocycles. The van der Waals surface area contributed by atoms with Crippen LogP contribution in [-0.4, -0.2) is 35.0 Å². The lowest BCUT2D eigenvalue weighted by Gasteiger charge is -2.27. The molecule has 4 heteroatoms. The maximum Gasteiger partial charge on any atom is 0.410 e. The Kier molecular flexibility index (Phi) is 3.37. The fourth-order valence-corrected chi connectivity index (χ4v) is 1.73. The molecule has 0 spiro atoms. The number of carbonyl (C=O) groups excluding carboxylic acids is 2. The van der Waals surface area contributed by atoms with Gasteiger partial charge in [0.15, 0.2) is 5.78 Å². The molecule has 1 aliphatic heterocycles. The van der Waals surface area contributed by atoms with Crippen molar-refractivity contribution in [3.05, 3.63) is 0 Å². The van der Waals surface area contributed by atoms with Crippen molar-refractivity contribution >= 4 is 11.9 Å². The number of hydrogen-bond donors (Lipinski definition) is 0. The van der Waals surface area contributed by atoms with Crippen LogP contribution < -0.4 is 0 Å². The lowest BCUT2D eigenvalue weighted by atomic mass is 10.1. The first-order valence-corrected chi connectivity index (χ1v) is 5.31. The fraction of sp³-hybridized carbons (Fsp3) is 0.818. The van der Waals surface area contributed by atoms with Gasteiger partial charge in [0.05, 0.1) is 6.04 Å². The summed E-state index contributed by atoms with van der Waals surface area (Å²) >= 11 is 0. The molecule has 1 amide bonds. The summed E-state index contributed by atoms with van der Waals surface area (Å²) in [5.41, 5.74) is -0.499. The first-order valence-electron chi connectivity index (χ1n) is 5.31. The number of likely N-dealkylation sites (tertiary alicyclic amines) is 1. The van der Waals surface area contributed by atoms with E-state index in [4.69, 9.17) is 4.74 Å². The monoisotopic (exact) mass is 213 g/mol. The first kappa shape index (κ1) is 12.0. The predicted octanol–water partition coefficient (Wildman–Crippen LogP) is 1.97. The number of rotatable bonds is 1. The topological polar surface area (TPSA) is 46.6 Å². The van der Waals surface area contributed by atoms with Gasteiger partial charge in [-0.1, -0.05) is 0 Å². The molecule has 0 radical (unpaired) electrons. The molecular weight excluding hydrogens is 194 g/mol. The lowest BCUT2D eigenvalue weighted by molar-refractivity contribution is -0.121.